The Labute approximate surface area is 161 Å². The van der Waals surface area contributed by atoms with E-state index in [0.717, 1.165) is 21.0 Å². The molecule has 4 rings (SSSR count). The summed E-state index contributed by atoms with van der Waals surface area (Å²) in [5.41, 5.74) is 0.0712. The zero-order valence-corrected chi connectivity index (χ0v) is 17.0. The van der Waals surface area contributed by atoms with Gasteiger partial charge in [-0.25, -0.2) is 4.99 Å². The number of nitrogens with zero attached hydrogens (tertiary/aromatic N) is 2. The highest BCUT2D eigenvalue weighted by Gasteiger charge is 2.54. The topological polar surface area (TPSA) is 41.9 Å². The van der Waals surface area contributed by atoms with Crippen LogP contribution in [0.1, 0.15) is 44.1 Å². The molecule has 0 saturated heterocycles. The van der Waals surface area contributed by atoms with Gasteiger partial charge in [-0.3, -0.25) is 9.69 Å². The Balaban J connectivity index is 1.80. The first-order valence-electron chi connectivity index (χ1n) is 8.94. The second-order valence-corrected chi connectivity index (χ2v) is 8.91. The molecule has 1 spiro atoms. The number of benzene rings is 1. The predicted molar refractivity (Wildman–Crippen MR) is 105 cm³/mol. The molecule has 1 saturated carbocycles. The number of thioether (sulfide) groups is 1. The van der Waals surface area contributed by atoms with E-state index in [1.54, 1.807) is 4.90 Å². The number of aliphatic imine (C=N–C) groups is 1. The molecule has 2 atom stereocenters. The van der Waals surface area contributed by atoms with E-state index in [2.05, 4.69) is 15.9 Å². The van der Waals surface area contributed by atoms with Gasteiger partial charge in [0.2, 0.25) is 0 Å². The van der Waals surface area contributed by atoms with Gasteiger partial charge in [0.1, 0.15) is 11.9 Å². The Morgan fingerprint density at radius 1 is 1.32 bits per heavy atom. The number of fused-ring (bicyclic) bond motifs is 2. The lowest BCUT2D eigenvalue weighted by Gasteiger charge is -2.41. The highest BCUT2D eigenvalue weighted by atomic mass is 79.9. The molecule has 2 heterocycles. The van der Waals surface area contributed by atoms with E-state index in [0.29, 0.717) is 12.3 Å². The van der Waals surface area contributed by atoms with Gasteiger partial charge in [0.05, 0.1) is 0 Å². The van der Waals surface area contributed by atoms with E-state index in [9.17, 15) is 4.79 Å². The van der Waals surface area contributed by atoms with Crippen LogP contribution in [0.3, 0.4) is 0 Å². The molecule has 134 valence electrons. The minimum absolute atomic E-state index is 0.0660. The number of amides is 1. The number of ether oxygens (including phenoxy) is 1. The first-order chi connectivity index (χ1) is 12.0. The standard InChI is InChI=1S/C19H23BrN2O2S/c1-22-17(23)19(21-18(22)25-2)11-16(12-6-4-3-5-7-12)24-15-9-8-13(20)10-14(15)19/h8-10,12,16H,3-7,11H2,1-2H3. The minimum atomic E-state index is -0.827. The minimum Gasteiger partial charge on any atom is -0.490 e. The van der Waals surface area contributed by atoms with Crippen LogP contribution in [0.25, 0.3) is 0 Å². The van der Waals surface area contributed by atoms with E-state index in [-0.39, 0.29) is 12.0 Å². The molecule has 2 aliphatic heterocycles. The maximum absolute atomic E-state index is 13.3. The van der Waals surface area contributed by atoms with Crippen molar-refractivity contribution in [3.63, 3.8) is 0 Å². The maximum Gasteiger partial charge on any atom is 0.261 e. The van der Waals surface area contributed by atoms with Crippen LogP contribution >= 0.6 is 27.7 Å². The fourth-order valence-electron chi connectivity index (χ4n) is 4.44. The molecular weight excluding hydrogens is 400 g/mol. The molecule has 2 unspecified atom stereocenters. The SMILES string of the molecule is CSC1=NC2(CC(C3CCCCC3)Oc3ccc(Br)cc32)C(=O)N1C. The van der Waals surface area contributed by atoms with Gasteiger partial charge in [-0.05, 0) is 43.2 Å². The number of amidine groups is 1. The molecule has 1 aliphatic carbocycles. The van der Waals surface area contributed by atoms with Crippen LogP contribution in [0.4, 0.5) is 0 Å². The van der Waals surface area contributed by atoms with Gasteiger partial charge in [-0.1, -0.05) is 47.0 Å². The second kappa shape index (κ2) is 6.62. The van der Waals surface area contributed by atoms with Crippen LogP contribution < -0.4 is 4.74 Å². The Morgan fingerprint density at radius 3 is 2.76 bits per heavy atom. The summed E-state index contributed by atoms with van der Waals surface area (Å²) < 4.78 is 7.35. The van der Waals surface area contributed by atoms with Crippen molar-refractivity contribution in [2.45, 2.75) is 50.2 Å². The highest BCUT2D eigenvalue weighted by molar-refractivity contribution is 9.10. The number of likely N-dealkylation sites (N-methyl/N-ethyl adjacent to an activating group) is 1. The van der Waals surface area contributed by atoms with Crippen LogP contribution in [0.5, 0.6) is 5.75 Å². The largest absolute Gasteiger partial charge is 0.490 e. The Hall–Kier alpha value is -1.01. The normalized spacial score (nSPS) is 29.6. The molecule has 0 aromatic heterocycles. The van der Waals surface area contributed by atoms with E-state index in [4.69, 9.17) is 9.73 Å². The number of rotatable bonds is 1. The molecule has 1 amide bonds. The van der Waals surface area contributed by atoms with Gasteiger partial charge in [0.15, 0.2) is 10.7 Å². The average molecular weight is 423 g/mol. The molecule has 1 aromatic carbocycles. The van der Waals surface area contributed by atoms with Gasteiger partial charge in [-0.15, -0.1) is 0 Å². The Bertz CT molecular complexity index is 732. The summed E-state index contributed by atoms with van der Waals surface area (Å²) in [4.78, 5) is 19.9. The molecule has 0 bridgehead atoms. The van der Waals surface area contributed by atoms with Crippen LogP contribution in [0.15, 0.2) is 27.7 Å². The van der Waals surface area contributed by atoms with Gasteiger partial charge in [0.25, 0.3) is 5.91 Å². The Kier molecular flexibility index (Phi) is 4.61. The first-order valence-corrected chi connectivity index (χ1v) is 11.0. The van der Waals surface area contributed by atoms with Gasteiger partial charge < -0.3 is 4.74 Å². The highest BCUT2D eigenvalue weighted by Crippen LogP contribution is 2.50. The van der Waals surface area contributed by atoms with Gasteiger partial charge in [0, 0.05) is 23.5 Å². The lowest BCUT2D eigenvalue weighted by atomic mass is 9.75. The molecule has 1 fully saturated rings. The van der Waals surface area contributed by atoms with Crippen molar-refractivity contribution < 1.29 is 9.53 Å². The number of hydrogen-bond donors (Lipinski definition) is 0. The zero-order chi connectivity index (χ0) is 17.6. The number of carbonyl (C=O) groups excluding carboxylic acids is 1. The molecule has 4 nitrogen and oxygen atoms in total. The quantitative estimate of drug-likeness (QED) is 0.665. The molecule has 0 N–H and O–H groups in total. The van der Waals surface area contributed by atoms with E-state index < -0.39 is 5.54 Å². The van der Waals surface area contributed by atoms with Crippen molar-refractivity contribution >= 4 is 38.8 Å². The summed E-state index contributed by atoms with van der Waals surface area (Å²) in [6, 6.07) is 5.97. The number of halogens is 1. The molecule has 25 heavy (non-hydrogen) atoms. The third-order valence-electron chi connectivity index (χ3n) is 5.75. The third kappa shape index (κ3) is 2.81. The maximum atomic E-state index is 13.3. The monoisotopic (exact) mass is 422 g/mol. The van der Waals surface area contributed by atoms with Crippen molar-refractivity contribution in [3.8, 4) is 5.75 Å². The summed E-state index contributed by atoms with van der Waals surface area (Å²) in [5.74, 6) is 1.41. The van der Waals surface area contributed by atoms with Crippen molar-refractivity contribution in [2.75, 3.05) is 13.3 Å². The van der Waals surface area contributed by atoms with E-state index in [1.807, 2.05) is 31.5 Å². The van der Waals surface area contributed by atoms with Crippen molar-refractivity contribution in [2.24, 2.45) is 10.9 Å². The summed E-state index contributed by atoms with van der Waals surface area (Å²) in [6.45, 7) is 0. The summed E-state index contributed by atoms with van der Waals surface area (Å²) in [6.07, 6.45) is 8.90. The molecule has 3 aliphatic rings. The second-order valence-electron chi connectivity index (χ2n) is 7.22. The summed E-state index contributed by atoms with van der Waals surface area (Å²) in [5, 5.41) is 0.792. The van der Waals surface area contributed by atoms with Crippen molar-refractivity contribution in [3.05, 3.63) is 28.2 Å². The summed E-state index contributed by atoms with van der Waals surface area (Å²) >= 11 is 5.08. The van der Waals surface area contributed by atoms with Crippen molar-refractivity contribution in [1.82, 2.24) is 4.90 Å². The average Bonchev–Trinajstić information content (AvgIpc) is 2.88. The Morgan fingerprint density at radius 2 is 2.08 bits per heavy atom. The third-order valence-corrected chi connectivity index (χ3v) is 6.98. The first kappa shape index (κ1) is 17.4. The van der Waals surface area contributed by atoms with Crippen LogP contribution in [0.2, 0.25) is 0 Å². The van der Waals surface area contributed by atoms with Gasteiger partial charge >= 0.3 is 0 Å². The molecular formula is C19H23BrN2O2S. The number of carbonyl (C=O) groups is 1. The van der Waals surface area contributed by atoms with Crippen molar-refractivity contribution in [1.29, 1.82) is 0 Å². The zero-order valence-electron chi connectivity index (χ0n) is 14.6. The van der Waals surface area contributed by atoms with Crippen LogP contribution in [-0.4, -0.2) is 35.4 Å². The smallest absolute Gasteiger partial charge is 0.261 e. The molecule has 1 aromatic rings. The van der Waals surface area contributed by atoms with Gasteiger partial charge in [-0.2, -0.15) is 0 Å². The van der Waals surface area contributed by atoms with E-state index >= 15 is 0 Å². The lowest BCUT2D eigenvalue weighted by Crippen LogP contribution is -2.47. The molecule has 0 radical (unpaired) electrons. The van der Waals surface area contributed by atoms with Crippen LogP contribution in [-0.2, 0) is 10.3 Å². The van der Waals surface area contributed by atoms with Crippen LogP contribution in [0, 0.1) is 5.92 Å². The fraction of sp³-hybridized carbons (Fsp3) is 0.579. The fourth-order valence-corrected chi connectivity index (χ4v) is 5.41. The lowest BCUT2D eigenvalue weighted by molar-refractivity contribution is -0.132. The summed E-state index contributed by atoms with van der Waals surface area (Å²) in [7, 11) is 1.83. The predicted octanol–water partition coefficient (Wildman–Crippen LogP) is 4.57. The molecule has 6 heteroatoms. The number of hydrogen-bond acceptors (Lipinski definition) is 4. The van der Waals surface area contributed by atoms with E-state index in [1.165, 1.54) is 43.9 Å².